The second-order valence-corrected chi connectivity index (χ2v) is 7.84. The molecule has 0 atom stereocenters. The third-order valence-electron chi connectivity index (χ3n) is 5.66. The van der Waals surface area contributed by atoms with Crippen LogP contribution in [0.4, 0.5) is 0 Å². The fraction of sp³-hybridized carbons (Fsp3) is 0.348. The summed E-state index contributed by atoms with van der Waals surface area (Å²) in [5.41, 5.74) is 5.21. The predicted octanol–water partition coefficient (Wildman–Crippen LogP) is 3.73. The molecule has 0 bridgehead atoms. The Morgan fingerprint density at radius 1 is 1.24 bits per heavy atom. The molecule has 0 radical (unpaired) electrons. The van der Waals surface area contributed by atoms with Gasteiger partial charge in [-0.1, -0.05) is 30.3 Å². The molecule has 1 saturated heterocycles. The summed E-state index contributed by atoms with van der Waals surface area (Å²) >= 11 is 0. The van der Waals surface area contributed by atoms with Gasteiger partial charge in [-0.2, -0.15) is 5.10 Å². The van der Waals surface area contributed by atoms with Crippen LogP contribution in [0.5, 0.6) is 0 Å². The van der Waals surface area contributed by atoms with Crippen molar-refractivity contribution in [3.63, 3.8) is 0 Å². The van der Waals surface area contributed by atoms with Crippen molar-refractivity contribution in [1.82, 2.24) is 24.6 Å². The number of H-pyrrole nitrogens is 1. The van der Waals surface area contributed by atoms with Crippen molar-refractivity contribution in [3.8, 4) is 11.4 Å². The Labute approximate surface area is 170 Å². The van der Waals surface area contributed by atoms with Gasteiger partial charge >= 0.3 is 0 Å². The van der Waals surface area contributed by atoms with Crippen LogP contribution in [0.2, 0.25) is 0 Å². The van der Waals surface area contributed by atoms with Gasteiger partial charge in [0.2, 0.25) is 0 Å². The van der Waals surface area contributed by atoms with Gasteiger partial charge in [0.05, 0.1) is 11.4 Å². The summed E-state index contributed by atoms with van der Waals surface area (Å²) in [5, 5.41) is 4.44. The molecule has 29 heavy (non-hydrogen) atoms. The van der Waals surface area contributed by atoms with Gasteiger partial charge < -0.3 is 4.98 Å². The van der Waals surface area contributed by atoms with E-state index in [2.05, 4.69) is 27.6 Å². The largest absolute Gasteiger partial charge is 0.307 e. The van der Waals surface area contributed by atoms with E-state index < -0.39 is 0 Å². The molecule has 3 heterocycles. The molecule has 1 N–H and O–H groups in total. The predicted molar refractivity (Wildman–Crippen MR) is 116 cm³/mol. The molecule has 2 aromatic heterocycles. The normalized spacial score (nSPS) is 15.5. The van der Waals surface area contributed by atoms with Crippen molar-refractivity contribution in [2.75, 3.05) is 13.1 Å². The number of hydrogen-bond acceptors (Lipinski definition) is 4. The first-order valence-electron chi connectivity index (χ1n) is 10.1. The summed E-state index contributed by atoms with van der Waals surface area (Å²) in [7, 11) is 0. The molecule has 1 fully saturated rings. The zero-order valence-electron chi connectivity index (χ0n) is 17.1. The zero-order valence-corrected chi connectivity index (χ0v) is 17.1. The first-order valence-corrected chi connectivity index (χ1v) is 10.1. The highest BCUT2D eigenvalue weighted by atomic mass is 16.1. The molecule has 0 saturated carbocycles. The first kappa shape index (κ1) is 19.3. The third-order valence-corrected chi connectivity index (χ3v) is 5.66. The zero-order chi connectivity index (χ0) is 20.4. The van der Waals surface area contributed by atoms with Crippen LogP contribution >= 0.6 is 0 Å². The second kappa shape index (κ2) is 8.17. The number of likely N-dealkylation sites (tertiary alicyclic amines) is 1. The molecule has 1 aromatic carbocycles. The maximum atomic E-state index is 12.3. The van der Waals surface area contributed by atoms with Crippen molar-refractivity contribution >= 4 is 6.20 Å². The lowest BCUT2D eigenvalue weighted by Gasteiger charge is -2.31. The highest BCUT2D eigenvalue weighted by Gasteiger charge is 2.23. The van der Waals surface area contributed by atoms with Crippen LogP contribution in [0.3, 0.4) is 0 Å². The van der Waals surface area contributed by atoms with E-state index in [0.717, 1.165) is 55.0 Å². The lowest BCUT2D eigenvalue weighted by atomic mass is 9.93. The van der Waals surface area contributed by atoms with E-state index in [-0.39, 0.29) is 5.56 Å². The topological polar surface area (TPSA) is 66.8 Å². The van der Waals surface area contributed by atoms with Crippen LogP contribution in [0, 0.1) is 13.8 Å². The summed E-state index contributed by atoms with van der Waals surface area (Å²) in [4.78, 5) is 22.4. The summed E-state index contributed by atoms with van der Waals surface area (Å²) in [6.45, 7) is 10.7. The lowest BCUT2D eigenvalue weighted by molar-refractivity contribution is 0.203. The molecule has 6 heteroatoms. The Kier molecular flexibility index (Phi) is 5.45. The van der Waals surface area contributed by atoms with E-state index in [1.807, 2.05) is 38.2 Å². The smallest absolute Gasteiger partial charge is 0.251 e. The third kappa shape index (κ3) is 4.38. The number of benzene rings is 1. The van der Waals surface area contributed by atoms with Gasteiger partial charge in [-0.05, 0) is 45.8 Å². The molecular formula is C23H27N5O. The van der Waals surface area contributed by atoms with E-state index in [4.69, 9.17) is 4.98 Å². The molecule has 4 rings (SSSR count). The minimum atomic E-state index is -0.0820. The van der Waals surface area contributed by atoms with Crippen molar-refractivity contribution in [1.29, 1.82) is 0 Å². The number of nitrogens with one attached hydrogen (secondary N) is 1. The van der Waals surface area contributed by atoms with Gasteiger partial charge in [0, 0.05) is 42.1 Å². The van der Waals surface area contributed by atoms with Gasteiger partial charge in [-0.15, -0.1) is 0 Å². The Bertz CT molecular complexity index is 1070. The average molecular weight is 390 g/mol. The number of hydrogen-bond donors (Lipinski definition) is 1. The summed E-state index contributed by atoms with van der Waals surface area (Å²) in [6, 6.07) is 9.74. The molecule has 0 amide bonds. The van der Waals surface area contributed by atoms with Crippen LogP contribution in [0.1, 0.15) is 41.3 Å². The van der Waals surface area contributed by atoms with Gasteiger partial charge in [-0.25, -0.2) is 9.67 Å². The van der Waals surface area contributed by atoms with Gasteiger partial charge in [0.15, 0.2) is 0 Å². The van der Waals surface area contributed by atoms with E-state index in [0.29, 0.717) is 11.7 Å². The Hall–Kier alpha value is -2.99. The van der Waals surface area contributed by atoms with Crippen molar-refractivity contribution in [3.05, 3.63) is 76.0 Å². The van der Waals surface area contributed by atoms with E-state index in [9.17, 15) is 4.79 Å². The molecule has 0 spiro atoms. The van der Waals surface area contributed by atoms with Gasteiger partial charge in [-0.3, -0.25) is 9.69 Å². The molecule has 0 aliphatic carbocycles. The van der Waals surface area contributed by atoms with E-state index >= 15 is 0 Å². The maximum Gasteiger partial charge on any atom is 0.251 e. The van der Waals surface area contributed by atoms with Crippen molar-refractivity contribution in [2.45, 2.75) is 39.2 Å². The number of rotatable bonds is 5. The average Bonchev–Trinajstić information content (AvgIpc) is 3.07. The summed E-state index contributed by atoms with van der Waals surface area (Å²) in [6.07, 6.45) is 5.75. The maximum absolute atomic E-state index is 12.3. The molecule has 1 aliphatic heterocycles. The van der Waals surface area contributed by atoms with E-state index in [1.165, 1.54) is 5.56 Å². The van der Waals surface area contributed by atoms with Crippen LogP contribution < -0.4 is 5.56 Å². The van der Waals surface area contributed by atoms with Crippen LogP contribution in [0.25, 0.3) is 17.6 Å². The van der Waals surface area contributed by atoms with Gasteiger partial charge in [0.25, 0.3) is 5.56 Å². The number of piperidine rings is 1. The van der Waals surface area contributed by atoms with Gasteiger partial charge in [0.1, 0.15) is 5.82 Å². The number of aromatic amines is 1. The molecular weight excluding hydrogens is 362 g/mol. The minimum Gasteiger partial charge on any atom is -0.307 e. The van der Waals surface area contributed by atoms with E-state index in [1.54, 1.807) is 16.9 Å². The summed E-state index contributed by atoms with van der Waals surface area (Å²) < 4.78 is 1.77. The lowest BCUT2D eigenvalue weighted by Crippen LogP contribution is -2.33. The quantitative estimate of drug-likeness (QED) is 0.722. The Morgan fingerprint density at radius 3 is 2.72 bits per heavy atom. The van der Waals surface area contributed by atoms with Crippen LogP contribution in [0.15, 0.2) is 47.9 Å². The SMILES string of the molecule is C=Cn1cc(CN2CCC(c3cc(=O)[nH]c(-c4cccc(C)c4)n3)CC2)c(C)n1. The highest BCUT2D eigenvalue weighted by molar-refractivity contribution is 5.55. The standard InChI is InChI=1S/C23H27N5O/c1-4-28-15-20(17(3)26-28)14-27-10-8-18(9-11-27)21-13-22(29)25-23(24-21)19-7-5-6-16(2)12-19/h4-7,12-13,15,18H,1,8-11,14H2,2-3H3,(H,24,25,29). The molecule has 1 aliphatic rings. The number of nitrogens with zero attached hydrogens (tertiary/aromatic N) is 4. The number of aryl methyl sites for hydroxylation is 2. The fourth-order valence-electron chi connectivity index (χ4n) is 4.01. The summed E-state index contributed by atoms with van der Waals surface area (Å²) in [5.74, 6) is 0.972. The fourth-order valence-corrected chi connectivity index (χ4v) is 4.01. The number of aromatic nitrogens is 4. The first-order chi connectivity index (χ1) is 14.0. The van der Waals surface area contributed by atoms with Crippen molar-refractivity contribution in [2.24, 2.45) is 0 Å². The van der Waals surface area contributed by atoms with Crippen molar-refractivity contribution < 1.29 is 0 Å². The van der Waals surface area contributed by atoms with Crippen LogP contribution in [-0.4, -0.2) is 37.7 Å². The monoisotopic (exact) mass is 389 g/mol. The minimum absolute atomic E-state index is 0.0820. The highest BCUT2D eigenvalue weighted by Crippen LogP contribution is 2.28. The molecule has 150 valence electrons. The molecule has 3 aromatic rings. The molecule has 6 nitrogen and oxygen atoms in total. The Balaban J connectivity index is 1.46. The molecule has 0 unspecified atom stereocenters. The van der Waals surface area contributed by atoms with Crippen LogP contribution in [-0.2, 0) is 6.54 Å². The second-order valence-electron chi connectivity index (χ2n) is 7.84. The Morgan fingerprint density at radius 2 is 2.03 bits per heavy atom.